The number of anilines is 1. The molecule has 2 N–H and O–H groups in total. The Morgan fingerprint density at radius 3 is 2.45 bits per heavy atom. The summed E-state index contributed by atoms with van der Waals surface area (Å²) in [5.74, 6) is 0.138. The molecule has 2 heterocycles. The van der Waals surface area contributed by atoms with Crippen LogP contribution in [-0.2, 0) is 23.1 Å². The molecular weight excluding hydrogens is 593 g/mol. The number of halogens is 3. The van der Waals surface area contributed by atoms with Gasteiger partial charge in [-0.25, -0.2) is 22.5 Å². The van der Waals surface area contributed by atoms with Crippen LogP contribution in [0.1, 0.15) is 16.7 Å². The minimum atomic E-state index is -3.85. The largest absolute Gasteiger partial charge is 0.366 e. The van der Waals surface area contributed by atoms with E-state index in [1.807, 2.05) is 54.6 Å². The van der Waals surface area contributed by atoms with Gasteiger partial charge in [0.25, 0.3) is 0 Å². The van der Waals surface area contributed by atoms with Crippen LogP contribution in [0, 0.1) is 12.7 Å². The van der Waals surface area contributed by atoms with Crippen molar-refractivity contribution in [2.24, 2.45) is 0 Å². The number of sulfonamides is 1. The van der Waals surface area contributed by atoms with Crippen LogP contribution in [0.2, 0.25) is 5.02 Å². The first-order valence-corrected chi connectivity index (χ1v) is 14.2. The molecule has 194 valence electrons. The predicted molar refractivity (Wildman–Crippen MR) is 150 cm³/mol. The van der Waals surface area contributed by atoms with Crippen molar-refractivity contribution in [1.82, 2.24) is 19.3 Å². The van der Waals surface area contributed by atoms with Crippen molar-refractivity contribution >= 4 is 49.0 Å². The Morgan fingerprint density at radius 2 is 1.71 bits per heavy atom. The van der Waals surface area contributed by atoms with E-state index in [1.54, 1.807) is 17.6 Å². The summed E-state index contributed by atoms with van der Waals surface area (Å²) in [7, 11) is -3.85. The fourth-order valence-electron chi connectivity index (χ4n) is 3.96. The van der Waals surface area contributed by atoms with Crippen LogP contribution in [0.4, 0.5) is 10.2 Å². The lowest BCUT2D eigenvalue weighted by atomic mass is 10.1. The molecule has 0 aliphatic carbocycles. The second-order valence-corrected chi connectivity index (χ2v) is 11.6. The molecule has 11 heteroatoms. The number of nitrogens with one attached hydrogen (secondary N) is 2. The zero-order valence-corrected chi connectivity index (χ0v) is 23.3. The molecule has 0 aliphatic rings. The smallest absolute Gasteiger partial charge is 0.241 e. The maximum Gasteiger partial charge on any atom is 0.241 e. The van der Waals surface area contributed by atoms with Crippen molar-refractivity contribution in [2.75, 3.05) is 5.32 Å². The third kappa shape index (κ3) is 5.58. The molecule has 7 nitrogen and oxygen atoms in total. The molecule has 0 fully saturated rings. The topological polar surface area (TPSA) is 88.4 Å². The molecule has 3 aromatic carbocycles. The lowest BCUT2D eigenvalue weighted by molar-refractivity contribution is 0.576. The number of fused-ring (bicyclic) bond motifs is 1. The molecule has 0 radical (unpaired) electrons. The molecule has 0 saturated heterocycles. The van der Waals surface area contributed by atoms with Gasteiger partial charge >= 0.3 is 0 Å². The number of benzene rings is 3. The van der Waals surface area contributed by atoms with Gasteiger partial charge in [-0.2, -0.15) is 9.61 Å². The zero-order valence-electron chi connectivity index (χ0n) is 20.1. The number of aryl methyl sites for hydroxylation is 1. The molecule has 0 amide bonds. The van der Waals surface area contributed by atoms with Crippen molar-refractivity contribution in [2.45, 2.75) is 24.9 Å². The van der Waals surface area contributed by atoms with Crippen LogP contribution in [0.3, 0.4) is 0 Å². The molecule has 0 bridgehead atoms. The quantitative estimate of drug-likeness (QED) is 0.213. The standard InChI is InChI=1S/C27H22BrClFN5O2S/c1-17-6-11-20(30)12-25(17)38(36,37)33-15-19-9-7-18(8-10-19)14-31-26-13-24(21-4-2-3-5-23(21)29)34-27-22(28)16-32-35(26)27/h2-13,16,31,33H,14-15H2,1H3. The first-order chi connectivity index (χ1) is 18.2. The van der Waals surface area contributed by atoms with E-state index < -0.39 is 15.8 Å². The van der Waals surface area contributed by atoms with Crippen molar-refractivity contribution in [1.29, 1.82) is 0 Å². The minimum Gasteiger partial charge on any atom is -0.366 e. The van der Waals surface area contributed by atoms with Gasteiger partial charge in [0.15, 0.2) is 5.65 Å². The Labute approximate surface area is 232 Å². The highest BCUT2D eigenvalue weighted by atomic mass is 79.9. The molecule has 0 atom stereocenters. The van der Waals surface area contributed by atoms with Crippen LogP contribution in [0.15, 0.2) is 88.4 Å². The summed E-state index contributed by atoms with van der Waals surface area (Å²) in [5.41, 5.74) is 4.41. The summed E-state index contributed by atoms with van der Waals surface area (Å²) in [4.78, 5) is 4.65. The van der Waals surface area contributed by atoms with Gasteiger partial charge in [0, 0.05) is 29.7 Å². The van der Waals surface area contributed by atoms with E-state index in [1.165, 1.54) is 12.1 Å². The average Bonchev–Trinajstić information content (AvgIpc) is 3.29. The Bertz CT molecular complexity index is 1740. The number of nitrogens with zero attached hydrogens (tertiary/aromatic N) is 3. The molecule has 2 aromatic heterocycles. The molecule has 5 aromatic rings. The number of hydrogen-bond donors (Lipinski definition) is 2. The Hall–Kier alpha value is -3.31. The normalized spacial score (nSPS) is 11.7. The third-order valence-corrected chi connectivity index (χ3v) is 8.41. The average molecular weight is 615 g/mol. The molecule has 0 saturated carbocycles. The second-order valence-electron chi connectivity index (χ2n) is 8.64. The highest BCUT2D eigenvalue weighted by Crippen LogP contribution is 2.30. The van der Waals surface area contributed by atoms with E-state index in [9.17, 15) is 12.8 Å². The maximum atomic E-state index is 13.6. The van der Waals surface area contributed by atoms with Gasteiger partial charge in [0.05, 0.1) is 21.3 Å². The molecule has 38 heavy (non-hydrogen) atoms. The zero-order chi connectivity index (χ0) is 26.9. The summed E-state index contributed by atoms with van der Waals surface area (Å²) in [6.45, 7) is 2.21. The summed E-state index contributed by atoms with van der Waals surface area (Å²) >= 11 is 9.92. The first kappa shape index (κ1) is 26.3. The van der Waals surface area contributed by atoms with Crippen molar-refractivity contribution in [3.05, 3.63) is 111 Å². The van der Waals surface area contributed by atoms with E-state index in [-0.39, 0.29) is 11.4 Å². The third-order valence-electron chi connectivity index (χ3n) is 5.98. The Kier molecular flexibility index (Phi) is 7.49. The lowest BCUT2D eigenvalue weighted by Gasteiger charge is -2.12. The second kappa shape index (κ2) is 10.8. The van der Waals surface area contributed by atoms with Gasteiger partial charge in [-0.05, 0) is 57.7 Å². The molecule has 5 rings (SSSR count). The molecular formula is C27H22BrClFN5O2S. The van der Waals surface area contributed by atoms with Crippen molar-refractivity contribution in [3.63, 3.8) is 0 Å². The van der Waals surface area contributed by atoms with Crippen LogP contribution in [-0.4, -0.2) is 23.0 Å². The van der Waals surface area contributed by atoms with E-state index in [0.717, 1.165) is 33.0 Å². The van der Waals surface area contributed by atoms with Crippen LogP contribution in [0.5, 0.6) is 0 Å². The molecule has 0 aliphatic heterocycles. The van der Waals surface area contributed by atoms with Gasteiger partial charge in [-0.15, -0.1) is 0 Å². The van der Waals surface area contributed by atoms with E-state index in [4.69, 9.17) is 16.6 Å². The van der Waals surface area contributed by atoms with Gasteiger partial charge in [0.1, 0.15) is 11.6 Å². The summed E-state index contributed by atoms with van der Waals surface area (Å²) in [5, 5.41) is 8.42. The van der Waals surface area contributed by atoms with E-state index in [2.05, 4.69) is 31.1 Å². The highest BCUT2D eigenvalue weighted by Gasteiger charge is 2.17. The van der Waals surface area contributed by atoms with Crippen LogP contribution in [0.25, 0.3) is 16.9 Å². The highest BCUT2D eigenvalue weighted by molar-refractivity contribution is 9.10. The predicted octanol–water partition coefficient (Wildman–Crippen LogP) is 6.35. The monoisotopic (exact) mass is 613 g/mol. The van der Waals surface area contributed by atoms with E-state index in [0.29, 0.717) is 28.5 Å². The molecule has 0 unspecified atom stereocenters. The molecule has 0 spiro atoms. The fraction of sp³-hybridized carbons (Fsp3) is 0.111. The summed E-state index contributed by atoms with van der Waals surface area (Å²) < 4.78 is 43.9. The summed E-state index contributed by atoms with van der Waals surface area (Å²) in [6, 6.07) is 20.6. The van der Waals surface area contributed by atoms with Crippen LogP contribution >= 0.6 is 27.5 Å². The van der Waals surface area contributed by atoms with Gasteiger partial charge in [-0.3, -0.25) is 0 Å². The SMILES string of the molecule is Cc1ccc(F)cc1S(=O)(=O)NCc1ccc(CNc2cc(-c3ccccc3Cl)nc3c(Br)cnn23)cc1. The Morgan fingerprint density at radius 1 is 1.00 bits per heavy atom. The Balaban J connectivity index is 1.30. The van der Waals surface area contributed by atoms with E-state index >= 15 is 0 Å². The number of hydrogen-bond acceptors (Lipinski definition) is 5. The first-order valence-electron chi connectivity index (χ1n) is 11.6. The maximum absolute atomic E-state index is 13.6. The fourth-order valence-corrected chi connectivity index (χ4v) is 5.81. The van der Waals surface area contributed by atoms with Gasteiger partial charge in [0.2, 0.25) is 10.0 Å². The summed E-state index contributed by atoms with van der Waals surface area (Å²) in [6.07, 6.45) is 1.69. The van der Waals surface area contributed by atoms with Crippen molar-refractivity contribution in [3.8, 4) is 11.3 Å². The minimum absolute atomic E-state index is 0.0663. The van der Waals surface area contributed by atoms with Crippen LogP contribution < -0.4 is 10.0 Å². The van der Waals surface area contributed by atoms with Crippen molar-refractivity contribution < 1.29 is 12.8 Å². The van der Waals surface area contributed by atoms with Gasteiger partial charge < -0.3 is 5.32 Å². The number of aromatic nitrogens is 3. The van der Waals surface area contributed by atoms with Gasteiger partial charge in [-0.1, -0.05) is 60.1 Å². The lowest BCUT2D eigenvalue weighted by Crippen LogP contribution is -2.24. The number of rotatable bonds is 8.